The Labute approximate surface area is 204 Å². The SMILES string of the molecule is CCCC(C1=c2ccccc2=C2C=CC=CC21)C(CCC)C1c2ccccc2-c2ccccc21. The Morgan fingerprint density at radius 3 is 1.97 bits per heavy atom. The summed E-state index contributed by atoms with van der Waals surface area (Å²) >= 11 is 0. The van der Waals surface area contributed by atoms with Crippen LogP contribution in [0.1, 0.15) is 56.6 Å². The van der Waals surface area contributed by atoms with Gasteiger partial charge in [-0.15, -0.1) is 0 Å². The maximum atomic E-state index is 2.45. The smallest absolute Gasteiger partial charge is 0.0249 e. The molecule has 3 aliphatic rings. The van der Waals surface area contributed by atoms with Crippen LogP contribution in [-0.4, -0.2) is 0 Å². The van der Waals surface area contributed by atoms with Crippen LogP contribution >= 0.6 is 0 Å². The summed E-state index contributed by atoms with van der Waals surface area (Å²) in [6.45, 7) is 4.74. The van der Waals surface area contributed by atoms with Gasteiger partial charge in [-0.1, -0.05) is 124 Å². The molecule has 3 unspecified atom stereocenters. The van der Waals surface area contributed by atoms with Crippen molar-refractivity contribution >= 4 is 11.1 Å². The molecule has 0 heterocycles. The maximum Gasteiger partial charge on any atom is 0.0249 e. The molecule has 0 aliphatic heterocycles. The van der Waals surface area contributed by atoms with Crippen LogP contribution in [0.5, 0.6) is 0 Å². The minimum atomic E-state index is 0.421. The zero-order valence-corrected chi connectivity index (χ0v) is 20.4. The number of fused-ring (bicyclic) bond motifs is 5. The molecule has 3 aliphatic carbocycles. The fourth-order valence-electron chi connectivity index (χ4n) is 7.16. The van der Waals surface area contributed by atoms with Crippen LogP contribution in [0.4, 0.5) is 0 Å². The highest BCUT2D eigenvalue weighted by Gasteiger charge is 2.41. The lowest BCUT2D eigenvalue weighted by molar-refractivity contribution is 0.317. The molecule has 0 spiro atoms. The molecule has 0 aromatic heterocycles. The van der Waals surface area contributed by atoms with Crippen LogP contribution < -0.4 is 10.4 Å². The van der Waals surface area contributed by atoms with Gasteiger partial charge in [0.15, 0.2) is 0 Å². The van der Waals surface area contributed by atoms with Gasteiger partial charge in [0.1, 0.15) is 0 Å². The zero-order valence-electron chi connectivity index (χ0n) is 20.4. The molecule has 3 aromatic carbocycles. The van der Waals surface area contributed by atoms with Gasteiger partial charge in [0, 0.05) is 11.8 Å². The number of allylic oxidation sites excluding steroid dienone is 4. The van der Waals surface area contributed by atoms with Crippen LogP contribution in [0.15, 0.2) is 97.1 Å². The second kappa shape index (κ2) is 8.91. The van der Waals surface area contributed by atoms with E-state index in [-0.39, 0.29) is 0 Å². The zero-order chi connectivity index (χ0) is 23.1. The maximum absolute atomic E-state index is 2.45. The van der Waals surface area contributed by atoms with Gasteiger partial charge in [0.2, 0.25) is 0 Å². The van der Waals surface area contributed by atoms with Crippen LogP contribution in [0.2, 0.25) is 0 Å². The third kappa shape index (κ3) is 3.27. The van der Waals surface area contributed by atoms with Crippen molar-refractivity contribution in [3.63, 3.8) is 0 Å². The molecular formula is C34H34. The normalized spacial score (nSPS) is 19.5. The topological polar surface area (TPSA) is 0 Å². The Kier molecular flexibility index (Phi) is 5.61. The molecule has 0 amide bonds. The summed E-state index contributed by atoms with van der Waals surface area (Å²) in [6.07, 6.45) is 14.2. The quantitative estimate of drug-likeness (QED) is 0.358. The van der Waals surface area contributed by atoms with E-state index in [1.165, 1.54) is 52.8 Å². The summed E-state index contributed by atoms with van der Waals surface area (Å²) in [5, 5.41) is 2.95. The van der Waals surface area contributed by atoms with E-state index >= 15 is 0 Å². The third-order valence-corrected chi connectivity index (χ3v) is 8.36. The molecule has 0 fully saturated rings. The van der Waals surface area contributed by atoms with Crippen molar-refractivity contribution in [1.29, 1.82) is 0 Å². The van der Waals surface area contributed by atoms with E-state index in [4.69, 9.17) is 0 Å². The molecule has 0 nitrogen and oxygen atoms in total. The van der Waals surface area contributed by atoms with Gasteiger partial charge < -0.3 is 0 Å². The van der Waals surface area contributed by atoms with Crippen molar-refractivity contribution in [2.45, 2.75) is 45.4 Å². The molecule has 3 aromatic rings. The summed E-state index contributed by atoms with van der Waals surface area (Å²) in [5.41, 5.74) is 9.15. The number of hydrogen-bond acceptors (Lipinski definition) is 0. The number of benzene rings is 3. The van der Waals surface area contributed by atoms with Crippen molar-refractivity contribution in [2.75, 3.05) is 0 Å². The lowest BCUT2D eigenvalue weighted by Gasteiger charge is -2.36. The minimum Gasteiger partial charge on any atom is -0.0729 e. The van der Waals surface area contributed by atoms with E-state index in [1.54, 1.807) is 16.7 Å². The predicted octanol–water partition coefficient (Wildman–Crippen LogP) is 7.39. The molecule has 0 saturated heterocycles. The molecule has 3 atom stereocenters. The second-order valence-electron chi connectivity index (χ2n) is 10.2. The first-order valence-corrected chi connectivity index (χ1v) is 13.2. The Morgan fingerprint density at radius 1 is 0.676 bits per heavy atom. The van der Waals surface area contributed by atoms with Crippen molar-refractivity contribution < 1.29 is 0 Å². The Hall–Kier alpha value is -3.12. The lowest BCUT2D eigenvalue weighted by Crippen LogP contribution is -2.30. The van der Waals surface area contributed by atoms with Crippen molar-refractivity contribution in [1.82, 2.24) is 0 Å². The van der Waals surface area contributed by atoms with E-state index < -0.39 is 0 Å². The Balaban J connectivity index is 1.57. The Morgan fingerprint density at radius 2 is 1.29 bits per heavy atom. The molecule has 6 rings (SSSR count). The first-order valence-electron chi connectivity index (χ1n) is 13.2. The third-order valence-electron chi connectivity index (χ3n) is 8.36. The van der Waals surface area contributed by atoms with Crippen LogP contribution in [0.3, 0.4) is 0 Å². The molecule has 0 radical (unpaired) electrons. The summed E-state index contributed by atoms with van der Waals surface area (Å²) in [5.74, 6) is 2.05. The van der Waals surface area contributed by atoms with E-state index in [0.29, 0.717) is 23.7 Å². The fraction of sp³-hybridized carbons (Fsp3) is 0.294. The van der Waals surface area contributed by atoms with Gasteiger partial charge in [-0.3, -0.25) is 0 Å². The molecular weight excluding hydrogens is 408 g/mol. The Bertz CT molecular complexity index is 1350. The lowest BCUT2D eigenvalue weighted by atomic mass is 9.67. The molecule has 0 saturated carbocycles. The van der Waals surface area contributed by atoms with Crippen LogP contribution in [-0.2, 0) is 0 Å². The van der Waals surface area contributed by atoms with E-state index in [0.717, 1.165) is 0 Å². The van der Waals surface area contributed by atoms with Crippen LogP contribution in [0.25, 0.3) is 22.3 Å². The van der Waals surface area contributed by atoms with Gasteiger partial charge in [-0.25, -0.2) is 0 Å². The largest absolute Gasteiger partial charge is 0.0729 e. The molecule has 34 heavy (non-hydrogen) atoms. The van der Waals surface area contributed by atoms with E-state index in [1.807, 2.05) is 0 Å². The predicted molar refractivity (Wildman–Crippen MR) is 145 cm³/mol. The summed E-state index contributed by atoms with van der Waals surface area (Å²) in [6, 6.07) is 27.6. The van der Waals surface area contributed by atoms with E-state index in [2.05, 4.69) is 111 Å². The van der Waals surface area contributed by atoms with Gasteiger partial charge in [0.25, 0.3) is 0 Å². The summed E-state index contributed by atoms with van der Waals surface area (Å²) in [7, 11) is 0. The molecule has 0 heteroatoms. The van der Waals surface area contributed by atoms with Crippen molar-refractivity contribution in [2.24, 2.45) is 17.8 Å². The van der Waals surface area contributed by atoms with Gasteiger partial charge >= 0.3 is 0 Å². The molecule has 0 N–H and O–H groups in total. The van der Waals surface area contributed by atoms with Crippen molar-refractivity contribution in [3.05, 3.63) is 119 Å². The van der Waals surface area contributed by atoms with Gasteiger partial charge in [-0.05, 0) is 68.5 Å². The number of hydrogen-bond donors (Lipinski definition) is 0. The second-order valence-corrected chi connectivity index (χ2v) is 10.2. The highest BCUT2D eigenvalue weighted by molar-refractivity contribution is 5.82. The summed E-state index contributed by atoms with van der Waals surface area (Å²) < 4.78 is 0. The summed E-state index contributed by atoms with van der Waals surface area (Å²) in [4.78, 5) is 0. The standard InChI is InChI=1S/C34H34/c1-3-13-27(33-29-19-9-5-15-23(29)24-16-6-10-20-30(24)33)28(14-4-2)34-31-21-11-7-17-25(31)26-18-8-12-22-32(26)34/h5-12,15-22,27-29,34H,3-4,13-14H2,1-2H3. The number of rotatable bonds is 7. The van der Waals surface area contributed by atoms with E-state index in [9.17, 15) is 0 Å². The minimum absolute atomic E-state index is 0.421. The molecule has 0 bridgehead atoms. The average molecular weight is 443 g/mol. The van der Waals surface area contributed by atoms with Crippen molar-refractivity contribution in [3.8, 4) is 11.1 Å². The first-order chi connectivity index (χ1) is 16.8. The monoisotopic (exact) mass is 442 g/mol. The van der Waals surface area contributed by atoms with Gasteiger partial charge in [0.05, 0.1) is 0 Å². The van der Waals surface area contributed by atoms with Crippen LogP contribution in [0, 0.1) is 17.8 Å². The fourth-order valence-corrected chi connectivity index (χ4v) is 7.16. The first kappa shape index (κ1) is 21.4. The molecule has 170 valence electrons. The van der Waals surface area contributed by atoms with Gasteiger partial charge in [-0.2, -0.15) is 0 Å². The highest BCUT2D eigenvalue weighted by atomic mass is 14.4. The average Bonchev–Trinajstić information content (AvgIpc) is 3.40. The highest BCUT2D eigenvalue weighted by Crippen LogP contribution is 2.54.